The monoisotopic (exact) mass is 541 g/mol. The number of amides is 1. The van der Waals surface area contributed by atoms with Gasteiger partial charge in [-0.3, -0.25) is 10.1 Å². The molecule has 1 saturated heterocycles. The van der Waals surface area contributed by atoms with E-state index >= 15 is 0 Å². The molecule has 32 heavy (non-hydrogen) atoms. The molecule has 1 heterocycles. The van der Waals surface area contributed by atoms with Crippen molar-refractivity contribution in [2.45, 2.75) is 30.8 Å². The maximum Gasteiger partial charge on any atom is 0.257 e. The fourth-order valence-electron chi connectivity index (χ4n) is 3.06. The summed E-state index contributed by atoms with van der Waals surface area (Å²) in [6, 6.07) is 11.1. The van der Waals surface area contributed by atoms with Crippen LogP contribution in [0.2, 0.25) is 0 Å². The largest absolute Gasteiger partial charge is 0.493 e. The molecular formula is C21H24BrN3O5S2. The molecule has 2 aromatic carbocycles. The molecule has 0 spiro atoms. The minimum Gasteiger partial charge on any atom is -0.493 e. The van der Waals surface area contributed by atoms with E-state index in [2.05, 4.69) is 31.3 Å². The third-order valence-electron chi connectivity index (χ3n) is 4.67. The lowest BCUT2D eigenvalue weighted by molar-refractivity contribution is 0.0977. The second-order valence-electron chi connectivity index (χ2n) is 7.00. The van der Waals surface area contributed by atoms with Crippen molar-refractivity contribution in [3.05, 3.63) is 52.5 Å². The Morgan fingerprint density at radius 2 is 2.00 bits per heavy atom. The molecule has 0 aromatic heterocycles. The number of carbonyl (C=O) groups is 1. The van der Waals surface area contributed by atoms with Gasteiger partial charge in [-0.05, 0) is 90.4 Å². The molecular weight excluding hydrogens is 518 g/mol. The Hall–Kier alpha value is -2.05. The van der Waals surface area contributed by atoms with E-state index in [0.717, 1.165) is 12.8 Å². The number of nitrogens with one attached hydrogen (secondary N) is 3. The van der Waals surface area contributed by atoms with E-state index in [1.165, 1.54) is 12.1 Å². The van der Waals surface area contributed by atoms with Crippen LogP contribution in [0.4, 0.5) is 5.69 Å². The highest BCUT2D eigenvalue weighted by Gasteiger charge is 2.20. The van der Waals surface area contributed by atoms with Gasteiger partial charge in [-0.25, -0.2) is 13.1 Å². The normalized spacial score (nSPS) is 15.9. The highest BCUT2D eigenvalue weighted by Crippen LogP contribution is 2.26. The number of halogens is 1. The van der Waals surface area contributed by atoms with Crippen LogP contribution in [0.15, 0.2) is 51.8 Å². The van der Waals surface area contributed by atoms with E-state index in [-0.39, 0.29) is 28.6 Å². The summed E-state index contributed by atoms with van der Waals surface area (Å²) in [5, 5.41) is 5.56. The van der Waals surface area contributed by atoms with Crippen LogP contribution < -0.4 is 20.1 Å². The van der Waals surface area contributed by atoms with Crippen LogP contribution in [0, 0.1) is 0 Å². The molecule has 0 saturated carbocycles. The molecule has 1 fully saturated rings. The summed E-state index contributed by atoms with van der Waals surface area (Å²) >= 11 is 8.57. The van der Waals surface area contributed by atoms with Gasteiger partial charge in [0.1, 0.15) is 5.75 Å². The van der Waals surface area contributed by atoms with E-state index < -0.39 is 10.0 Å². The smallest absolute Gasteiger partial charge is 0.257 e. The molecule has 2 aromatic rings. The molecule has 172 valence electrons. The molecule has 8 nitrogen and oxygen atoms in total. The van der Waals surface area contributed by atoms with Crippen LogP contribution in [0.25, 0.3) is 0 Å². The first kappa shape index (κ1) is 24.6. The fourth-order valence-corrected chi connectivity index (χ4v) is 4.83. The van der Waals surface area contributed by atoms with E-state index in [0.29, 0.717) is 34.7 Å². The van der Waals surface area contributed by atoms with Gasteiger partial charge < -0.3 is 14.8 Å². The molecule has 3 N–H and O–H groups in total. The lowest BCUT2D eigenvalue weighted by Crippen LogP contribution is -2.34. The molecule has 1 unspecified atom stereocenters. The predicted octanol–water partition coefficient (Wildman–Crippen LogP) is 3.43. The maximum absolute atomic E-state index is 12.4. The number of sulfonamides is 1. The molecule has 1 aliphatic heterocycles. The Kier molecular flexibility index (Phi) is 8.60. The van der Waals surface area contributed by atoms with E-state index in [1.54, 1.807) is 30.3 Å². The molecule has 1 aliphatic rings. The maximum atomic E-state index is 12.4. The van der Waals surface area contributed by atoms with Gasteiger partial charge in [0.05, 0.1) is 22.1 Å². The van der Waals surface area contributed by atoms with Crippen molar-refractivity contribution < 1.29 is 22.7 Å². The van der Waals surface area contributed by atoms with Crippen LogP contribution in [0.1, 0.15) is 30.1 Å². The molecule has 0 aliphatic carbocycles. The minimum atomic E-state index is -3.63. The fraction of sp³-hybridized carbons (Fsp3) is 0.333. The van der Waals surface area contributed by atoms with Crippen LogP contribution >= 0.6 is 28.1 Å². The summed E-state index contributed by atoms with van der Waals surface area (Å²) in [5.41, 5.74) is 0.949. The third kappa shape index (κ3) is 6.72. The van der Waals surface area contributed by atoms with Gasteiger partial charge in [-0.1, -0.05) is 0 Å². The van der Waals surface area contributed by atoms with E-state index in [1.807, 2.05) is 6.92 Å². The molecule has 3 rings (SSSR count). The van der Waals surface area contributed by atoms with Crippen molar-refractivity contribution in [2.75, 3.05) is 25.1 Å². The van der Waals surface area contributed by atoms with Crippen molar-refractivity contribution in [3.63, 3.8) is 0 Å². The van der Waals surface area contributed by atoms with Gasteiger partial charge >= 0.3 is 0 Å². The number of rotatable bonds is 8. The van der Waals surface area contributed by atoms with Gasteiger partial charge in [0.15, 0.2) is 5.11 Å². The van der Waals surface area contributed by atoms with Crippen LogP contribution in [0.5, 0.6) is 5.75 Å². The Morgan fingerprint density at radius 1 is 1.25 bits per heavy atom. The number of carbonyl (C=O) groups excluding carboxylic acids is 1. The van der Waals surface area contributed by atoms with Crippen molar-refractivity contribution in [1.29, 1.82) is 0 Å². The third-order valence-corrected chi connectivity index (χ3v) is 6.93. The number of thiocarbonyl (C=S) groups is 1. The number of hydrogen-bond donors (Lipinski definition) is 3. The molecule has 11 heteroatoms. The van der Waals surface area contributed by atoms with Gasteiger partial charge in [-0.15, -0.1) is 0 Å². The van der Waals surface area contributed by atoms with Gasteiger partial charge in [0.2, 0.25) is 10.0 Å². The zero-order valence-corrected chi connectivity index (χ0v) is 20.6. The number of hydrogen-bond acceptors (Lipinski definition) is 6. The Labute approximate surface area is 201 Å². The van der Waals surface area contributed by atoms with Crippen LogP contribution in [0.3, 0.4) is 0 Å². The Bertz CT molecular complexity index is 1070. The summed E-state index contributed by atoms with van der Waals surface area (Å²) < 4.78 is 39.0. The Morgan fingerprint density at radius 3 is 2.62 bits per heavy atom. The molecule has 1 atom stereocenters. The van der Waals surface area contributed by atoms with Gasteiger partial charge in [0.25, 0.3) is 5.91 Å². The number of anilines is 1. The van der Waals surface area contributed by atoms with Gasteiger partial charge in [-0.2, -0.15) is 0 Å². The summed E-state index contributed by atoms with van der Waals surface area (Å²) in [6.07, 6.45) is 1.71. The van der Waals surface area contributed by atoms with Crippen LogP contribution in [-0.2, 0) is 14.8 Å². The molecule has 0 bridgehead atoms. The first-order valence-corrected chi connectivity index (χ1v) is 12.7. The van der Waals surface area contributed by atoms with Gasteiger partial charge in [0, 0.05) is 24.4 Å². The van der Waals surface area contributed by atoms with E-state index in [4.69, 9.17) is 21.7 Å². The topological polar surface area (TPSA) is 106 Å². The minimum absolute atomic E-state index is 0.0808. The van der Waals surface area contributed by atoms with E-state index in [9.17, 15) is 13.2 Å². The zero-order valence-electron chi connectivity index (χ0n) is 17.4. The van der Waals surface area contributed by atoms with Crippen molar-refractivity contribution in [2.24, 2.45) is 0 Å². The van der Waals surface area contributed by atoms with Crippen molar-refractivity contribution >= 4 is 54.9 Å². The van der Waals surface area contributed by atoms with Crippen molar-refractivity contribution in [1.82, 2.24) is 10.0 Å². The standard InChI is InChI=1S/C21H24BrN3O5S2/c1-2-29-19-10-5-14(12-18(19)22)20(26)25-21(31)24-15-6-8-17(9-7-15)32(27,28)23-13-16-4-3-11-30-16/h5-10,12,16,23H,2-4,11,13H2,1H3,(H2,24,25,26,31). The summed E-state index contributed by atoms with van der Waals surface area (Å²) in [6.45, 7) is 3.31. The molecule has 0 radical (unpaired) electrons. The average molecular weight is 542 g/mol. The SMILES string of the molecule is CCOc1ccc(C(=O)NC(=S)Nc2ccc(S(=O)(=O)NCC3CCCO3)cc2)cc1Br. The lowest BCUT2D eigenvalue weighted by atomic mass is 10.2. The predicted molar refractivity (Wildman–Crippen MR) is 130 cm³/mol. The average Bonchev–Trinajstić information content (AvgIpc) is 3.28. The number of ether oxygens (including phenoxy) is 2. The highest BCUT2D eigenvalue weighted by atomic mass is 79.9. The second kappa shape index (κ2) is 11.2. The first-order valence-electron chi connectivity index (χ1n) is 10.0. The Balaban J connectivity index is 1.54. The highest BCUT2D eigenvalue weighted by molar-refractivity contribution is 9.10. The summed E-state index contributed by atoms with van der Waals surface area (Å²) in [5.74, 6) is 0.258. The zero-order chi connectivity index (χ0) is 23.1. The lowest BCUT2D eigenvalue weighted by Gasteiger charge is -2.13. The summed E-state index contributed by atoms with van der Waals surface area (Å²) in [4.78, 5) is 12.6. The first-order chi connectivity index (χ1) is 15.3. The second-order valence-corrected chi connectivity index (χ2v) is 10.0. The van der Waals surface area contributed by atoms with Crippen molar-refractivity contribution in [3.8, 4) is 5.75 Å². The number of benzene rings is 2. The molecule has 1 amide bonds. The summed E-state index contributed by atoms with van der Waals surface area (Å²) in [7, 11) is -3.63. The van der Waals surface area contributed by atoms with Crippen LogP contribution in [-0.4, -0.2) is 45.3 Å². The quantitative estimate of drug-likeness (QED) is 0.439.